The molecule has 20 heavy (non-hydrogen) atoms. The van der Waals surface area contributed by atoms with E-state index in [9.17, 15) is 12.8 Å². The normalized spacial score (nSPS) is 11.3. The van der Waals surface area contributed by atoms with Crippen LogP contribution in [0.1, 0.15) is 18.9 Å². The fourth-order valence-electron chi connectivity index (χ4n) is 1.80. The van der Waals surface area contributed by atoms with Gasteiger partial charge in [-0.15, -0.1) is 0 Å². The molecule has 106 valence electrons. The van der Waals surface area contributed by atoms with Gasteiger partial charge in [0.25, 0.3) is 10.0 Å². The molecule has 0 saturated heterocycles. The summed E-state index contributed by atoms with van der Waals surface area (Å²) in [6.45, 7) is 2.07. The van der Waals surface area contributed by atoms with E-state index < -0.39 is 20.9 Å². The number of sulfonamides is 1. The van der Waals surface area contributed by atoms with E-state index in [1.807, 2.05) is 12.1 Å². The summed E-state index contributed by atoms with van der Waals surface area (Å²) >= 11 is 0. The zero-order valence-electron chi connectivity index (χ0n) is 11.0. The van der Waals surface area contributed by atoms with Crippen LogP contribution in [0.25, 0.3) is 0 Å². The second-order valence-corrected chi connectivity index (χ2v) is 5.94. The minimum atomic E-state index is -4.01. The first kappa shape index (κ1) is 14.5. The van der Waals surface area contributed by atoms with Crippen molar-refractivity contribution < 1.29 is 12.8 Å². The lowest BCUT2D eigenvalue weighted by Crippen LogP contribution is -2.16. The van der Waals surface area contributed by atoms with Crippen LogP contribution >= 0.6 is 0 Å². The van der Waals surface area contributed by atoms with Crippen LogP contribution in [0.4, 0.5) is 10.1 Å². The van der Waals surface area contributed by atoms with Gasteiger partial charge in [-0.05, 0) is 36.2 Å². The summed E-state index contributed by atoms with van der Waals surface area (Å²) in [6.07, 6.45) is 3.19. The summed E-state index contributed by atoms with van der Waals surface area (Å²) in [5.41, 5.74) is 1.51. The SMILES string of the molecule is CCCc1ccc(NS(=O)(=O)c2ncccc2F)cc1. The van der Waals surface area contributed by atoms with Crippen LogP contribution in [0.2, 0.25) is 0 Å². The van der Waals surface area contributed by atoms with E-state index in [-0.39, 0.29) is 0 Å². The molecule has 4 nitrogen and oxygen atoms in total. The smallest absolute Gasteiger partial charge is 0.278 e. The summed E-state index contributed by atoms with van der Waals surface area (Å²) in [5, 5.41) is -0.599. The van der Waals surface area contributed by atoms with Crippen LogP contribution in [0.3, 0.4) is 0 Å². The zero-order chi connectivity index (χ0) is 14.6. The third kappa shape index (κ3) is 3.33. The number of hydrogen-bond acceptors (Lipinski definition) is 3. The Labute approximate surface area is 117 Å². The van der Waals surface area contributed by atoms with E-state index >= 15 is 0 Å². The molecule has 0 amide bonds. The Bertz CT molecular complexity index is 685. The molecule has 0 aliphatic heterocycles. The number of nitrogens with zero attached hydrogens (tertiary/aromatic N) is 1. The zero-order valence-corrected chi connectivity index (χ0v) is 11.8. The Morgan fingerprint density at radius 3 is 2.50 bits per heavy atom. The second kappa shape index (κ2) is 6.00. The molecule has 1 heterocycles. The van der Waals surface area contributed by atoms with Crippen LogP contribution < -0.4 is 4.72 Å². The topological polar surface area (TPSA) is 59.1 Å². The van der Waals surface area contributed by atoms with Gasteiger partial charge < -0.3 is 0 Å². The average Bonchev–Trinajstić information content (AvgIpc) is 2.41. The molecule has 0 bridgehead atoms. The van der Waals surface area contributed by atoms with Gasteiger partial charge in [-0.1, -0.05) is 25.5 Å². The Kier molecular flexibility index (Phi) is 4.34. The number of aromatic nitrogens is 1. The number of benzene rings is 1. The number of nitrogens with one attached hydrogen (secondary N) is 1. The fourth-order valence-corrected chi connectivity index (χ4v) is 2.87. The van der Waals surface area contributed by atoms with Crippen molar-refractivity contribution >= 4 is 15.7 Å². The fraction of sp³-hybridized carbons (Fsp3) is 0.214. The summed E-state index contributed by atoms with van der Waals surface area (Å²) in [7, 11) is -4.01. The van der Waals surface area contributed by atoms with Gasteiger partial charge in [-0.3, -0.25) is 4.72 Å². The molecule has 6 heteroatoms. The highest BCUT2D eigenvalue weighted by Gasteiger charge is 2.20. The highest BCUT2D eigenvalue weighted by molar-refractivity contribution is 7.92. The summed E-state index contributed by atoms with van der Waals surface area (Å²) in [5.74, 6) is -0.873. The molecule has 1 N–H and O–H groups in total. The number of aryl methyl sites for hydroxylation is 1. The molecule has 0 fully saturated rings. The minimum absolute atomic E-state index is 0.384. The number of pyridine rings is 1. The van der Waals surface area contributed by atoms with Gasteiger partial charge in [0.15, 0.2) is 5.82 Å². The lowest BCUT2D eigenvalue weighted by Gasteiger charge is -2.08. The molecular weight excluding hydrogens is 279 g/mol. The van der Waals surface area contributed by atoms with E-state index in [0.29, 0.717) is 5.69 Å². The van der Waals surface area contributed by atoms with E-state index in [0.717, 1.165) is 24.5 Å². The molecule has 1 aromatic heterocycles. The quantitative estimate of drug-likeness (QED) is 0.922. The Hall–Kier alpha value is -1.95. The molecule has 0 unspecified atom stereocenters. The maximum absolute atomic E-state index is 13.5. The largest absolute Gasteiger partial charge is 0.282 e. The van der Waals surface area contributed by atoms with Crippen molar-refractivity contribution in [3.05, 3.63) is 54.0 Å². The molecule has 0 aliphatic rings. The molecule has 2 rings (SSSR count). The van der Waals surface area contributed by atoms with E-state index in [2.05, 4.69) is 16.6 Å². The van der Waals surface area contributed by atoms with E-state index in [1.54, 1.807) is 12.1 Å². The summed E-state index contributed by atoms with van der Waals surface area (Å²) < 4.78 is 39.8. The van der Waals surface area contributed by atoms with E-state index in [1.165, 1.54) is 12.3 Å². The van der Waals surface area contributed by atoms with Crippen molar-refractivity contribution in [1.29, 1.82) is 0 Å². The Morgan fingerprint density at radius 2 is 1.90 bits per heavy atom. The van der Waals surface area contributed by atoms with Crippen LogP contribution in [0.15, 0.2) is 47.6 Å². The molecule has 2 aromatic rings. The Morgan fingerprint density at radius 1 is 1.20 bits per heavy atom. The van der Waals surface area contributed by atoms with Crippen LogP contribution in [-0.4, -0.2) is 13.4 Å². The first-order valence-corrected chi connectivity index (χ1v) is 7.73. The van der Waals surface area contributed by atoms with Crippen molar-refractivity contribution in [2.75, 3.05) is 4.72 Å². The number of halogens is 1. The lowest BCUT2D eigenvalue weighted by atomic mass is 10.1. The number of anilines is 1. The molecule has 0 aliphatic carbocycles. The number of rotatable bonds is 5. The first-order valence-electron chi connectivity index (χ1n) is 6.25. The minimum Gasteiger partial charge on any atom is -0.278 e. The van der Waals surface area contributed by atoms with Gasteiger partial charge in [0.1, 0.15) is 0 Å². The molecule has 0 atom stereocenters. The van der Waals surface area contributed by atoms with Gasteiger partial charge in [-0.2, -0.15) is 8.42 Å². The van der Waals surface area contributed by atoms with Crippen LogP contribution in [0.5, 0.6) is 0 Å². The van der Waals surface area contributed by atoms with Crippen molar-refractivity contribution in [1.82, 2.24) is 4.98 Å². The second-order valence-electron chi connectivity index (χ2n) is 4.34. The molecule has 0 saturated carbocycles. The highest BCUT2D eigenvalue weighted by atomic mass is 32.2. The lowest BCUT2D eigenvalue weighted by molar-refractivity contribution is 0.557. The molecule has 1 aromatic carbocycles. The molecule has 0 radical (unpaired) electrons. The Balaban J connectivity index is 2.22. The van der Waals surface area contributed by atoms with Crippen molar-refractivity contribution in [3.8, 4) is 0 Å². The van der Waals surface area contributed by atoms with Gasteiger partial charge in [0.05, 0.1) is 0 Å². The highest BCUT2D eigenvalue weighted by Crippen LogP contribution is 2.17. The summed E-state index contributed by atoms with van der Waals surface area (Å²) in [4.78, 5) is 3.57. The van der Waals surface area contributed by atoms with Gasteiger partial charge >= 0.3 is 0 Å². The van der Waals surface area contributed by atoms with Gasteiger partial charge in [-0.25, -0.2) is 9.37 Å². The predicted octanol–water partition coefficient (Wildman–Crippen LogP) is 2.97. The monoisotopic (exact) mass is 294 g/mol. The predicted molar refractivity (Wildman–Crippen MR) is 75.4 cm³/mol. The number of hydrogen-bond donors (Lipinski definition) is 1. The molecule has 0 spiro atoms. The van der Waals surface area contributed by atoms with Gasteiger partial charge in [0, 0.05) is 11.9 Å². The van der Waals surface area contributed by atoms with E-state index in [4.69, 9.17) is 0 Å². The van der Waals surface area contributed by atoms with Crippen molar-refractivity contribution in [2.24, 2.45) is 0 Å². The van der Waals surface area contributed by atoms with Crippen LogP contribution in [0, 0.1) is 5.82 Å². The third-order valence-corrected chi connectivity index (χ3v) is 4.04. The molecular formula is C14H15FN2O2S. The van der Waals surface area contributed by atoms with Crippen molar-refractivity contribution in [2.45, 2.75) is 24.8 Å². The maximum Gasteiger partial charge on any atom is 0.282 e. The van der Waals surface area contributed by atoms with Gasteiger partial charge in [0.2, 0.25) is 5.03 Å². The van der Waals surface area contributed by atoms with Crippen LogP contribution in [-0.2, 0) is 16.4 Å². The average molecular weight is 294 g/mol. The van der Waals surface area contributed by atoms with Crippen molar-refractivity contribution in [3.63, 3.8) is 0 Å². The summed E-state index contributed by atoms with van der Waals surface area (Å²) in [6, 6.07) is 9.40. The standard InChI is InChI=1S/C14H15FN2O2S/c1-2-4-11-6-8-12(9-7-11)17-20(18,19)14-13(15)5-3-10-16-14/h3,5-10,17H,2,4H2,1H3. The first-order chi connectivity index (χ1) is 9.53. The maximum atomic E-state index is 13.5. The third-order valence-electron chi connectivity index (χ3n) is 2.72.